The first-order valence-corrected chi connectivity index (χ1v) is 10.4. The van der Waals surface area contributed by atoms with Crippen molar-refractivity contribution < 1.29 is 14.0 Å². The average Bonchev–Trinajstić information content (AvgIpc) is 3.32. The Hall–Kier alpha value is -1.77. The molecule has 2 aromatic heterocycles. The Morgan fingerprint density at radius 2 is 1.96 bits per heavy atom. The SMILES string of the molecule is Cc1c(CN2CCC(OCCc3noc(C4CCOCC4)n3)CC2)cnn1C. The average molecular weight is 390 g/mol. The van der Waals surface area contributed by atoms with E-state index in [1.165, 1.54) is 11.3 Å². The minimum atomic E-state index is 0.327. The van der Waals surface area contributed by atoms with Gasteiger partial charge in [-0.2, -0.15) is 10.1 Å². The smallest absolute Gasteiger partial charge is 0.229 e. The van der Waals surface area contributed by atoms with Gasteiger partial charge < -0.3 is 14.0 Å². The van der Waals surface area contributed by atoms with Crippen molar-refractivity contribution in [2.75, 3.05) is 32.9 Å². The second kappa shape index (κ2) is 9.15. The van der Waals surface area contributed by atoms with E-state index < -0.39 is 0 Å². The molecule has 0 aromatic carbocycles. The molecular weight excluding hydrogens is 358 g/mol. The summed E-state index contributed by atoms with van der Waals surface area (Å²) in [5.41, 5.74) is 2.57. The Kier molecular flexibility index (Phi) is 6.39. The Labute approximate surface area is 166 Å². The standard InChI is InChI=1S/C20H31N5O3/c1-15-17(13-21-24(15)2)14-25-8-3-18(4-9-25)27-12-7-19-22-20(28-23-19)16-5-10-26-11-6-16/h13,16,18H,3-12,14H2,1-2H3. The van der Waals surface area contributed by atoms with Crippen LogP contribution in [0.1, 0.15) is 54.6 Å². The third-order valence-electron chi connectivity index (χ3n) is 6.00. The van der Waals surface area contributed by atoms with E-state index in [0.29, 0.717) is 25.0 Å². The summed E-state index contributed by atoms with van der Waals surface area (Å²) in [7, 11) is 2.00. The third kappa shape index (κ3) is 4.79. The van der Waals surface area contributed by atoms with Gasteiger partial charge >= 0.3 is 0 Å². The van der Waals surface area contributed by atoms with Crippen molar-refractivity contribution in [2.45, 2.75) is 57.6 Å². The second-order valence-corrected chi connectivity index (χ2v) is 7.91. The fourth-order valence-corrected chi connectivity index (χ4v) is 3.97. The summed E-state index contributed by atoms with van der Waals surface area (Å²) in [5.74, 6) is 1.87. The monoisotopic (exact) mass is 389 g/mol. The summed E-state index contributed by atoms with van der Waals surface area (Å²) in [5, 5.41) is 8.46. The van der Waals surface area contributed by atoms with Crippen LogP contribution in [0.5, 0.6) is 0 Å². The molecule has 28 heavy (non-hydrogen) atoms. The molecule has 0 aliphatic carbocycles. The van der Waals surface area contributed by atoms with Gasteiger partial charge in [0.25, 0.3) is 0 Å². The lowest BCUT2D eigenvalue weighted by Crippen LogP contribution is -2.36. The third-order valence-corrected chi connectivity index (χ3v) is 6.00. The quantitative estimate of drug-likeness (QED) is 0.718. The van der Waals surface area contributed by atoms with E-state index in [9.17, 15) is 0 Å². The van der Waals surface area contributed by atoms with Gasteiger partial charge in [-0.05, 0) is 32.6 Å². The lowest BCUT2D eigenvalue weighted by atomic mass is 10.0. The van der Waals surface area contributed by atoms with Gasteiger partial charge in [0.2, 0.25) is 5.89 Å². The highest BCUT2D eigenvalue weighted by Gasteiger charge is 2.23. The fraction of sp³-hybridized carbons (Fsp3) is 0.750. The summed E-state index contributed by atoms with van der Waals surface area (Å²) in [6.07, 6.45) is 7.09. The first-order chi connectivity index (χ1) is 13.7. The van der Waals surface area contributed by atoms with Crippen LogP contribution < -0.4 is 0 Å². The van der Waals surface area contributed by atoms with Gasteiger partial charge in [-0.15, -0.1) is 0 Å². The molecule has 0 amide bonds. The van der Waals surface area contributed by atoms with Crippen LogP contribution in [0, 0.1) is 6.92 Å². The highest BCUT2D eigenvalue weighted by Crippen LogP contribution is 2.25. The fourth-order valence-electron chi connectivity index (χ4n) is 3.97. The normalized spacial score (nSPS) is 20.1. The van der Waals surface area contributed by atoms with Crippen molar-refractivity contribution in [1.29, 1.82) is 0 Å². The molecule has 154 valence electrons. The Morgan fingerprint density at radius 1 is 1.18 bits per heavy atom. The number of piperidine rings is 1. The molecule has 2 aromatic rings. The van der Waals surface area contributed by atoms with Gasteiger partial charge in [-0.25, -0.2) is 0 Å². The van der Waals surface area contributed by atoms with Gasteiger partial charge in [0.05, 0.1) is 18.9 Å². The van der Waals surface area contributed by atoms with E-state index in [1.54, 1.807) is 0 Å². The number of likely N-dealkylation sites (tertiary alicyclic amines) is 1. The predicted molar refractivity (Wildman–Crippen MR) is 103 cm³/mol. The van der Waals surface area contributed by atoms with Gasteiger partial charge in [0.15, 0.2) is 5.82 Å². The lowest BCUT2D eigenvalue weighted by molar-refractivity contribution is 0.00673. The first-order valence-electron chi connectivity index (χ1n) is 10.4. The topological polar surface area (TPSA) is 78.4 Å². The molecule has 0 unspecified atom stereocenters. The summed E-state index contributed by atoms with van der Waals surface area (Å²) < 4.78 is 18.9. The van der Waals surface area contributed by atoms with Crippen LogP contribution in [-0.2, 0) is 29.5 Å². The van der Waals surface area contributed by atoms with Crippen LogP contribution in [-0.4, -0.2) is 63.8 Å². The second-order valence-electron chi connectivity index (χ2n) is 7.91. The zero-order valence-corrected chi connectivity index (χ0v) is 17.0. The largest absolute Gasteiger partial charge is 0.381 e. The van der Waals surface area contributed by atoms with Crippen molar-refractivity contribution in [1.82, 2.24) is 24.8 Å². The van der Waals surface area contributed by atoms with Gasteiger partial charge in [0.1, 0.15) is 0 Å². The van der Waals surface area contributed by atoms with E-state index in [2.05, 4.69) is 27.1 Å². The van der Waals surface area contributed by atoms with Crippen molar-refractivity contribution >= 4 is 0 Å². The Bertz CT molecular complexity index is 745. The number of aryl methyl sites for hydroxylation is 1. The zero-order chi connectivity index (χ0) is 19.3. The molecule has 4 heterocycles. The van der Waals surface area contributed by atoms with Crippen molar-refractivity contribution in [3.8, 4) is 0 Å². The molecule has 0 radical (unpaired) electrons. The van der Waals surface area contributed by atoms with Gasteiger partial charge in [-0.3, -0.25) is 9.58 Å². The minimum Gasteiger partial charge on any atom is -0.381 e. The molecule has 8 heteroatoms. The molecule has 0 bridgehead atoms. The highest BCUT2D eigenvalue weighted by molar-refractivity contribution is 5.15. The summed E-state index contributed by atoms with van der Waals surface area (Å²) >= 11 is 0. The maximum absolute atomic E-state index is 6.08. The van der Waals surface area contributed by atoms with Gasteiger partial charge in [0, 0.05) is 63.5 Å². The van der Waals surface area contributed by atoms with Crippen LogP contribution in [0.25, 0.3) is 0 Å². The van der Waals surface area contributed by atoms with Crippen LogP contribution in [0.3, 0.4) is 0 Å². The molecule has 2 fully saturated rings. The summed E-state index contributed by atoms with van der Waals surface area (Å²) in [6, 6.07) is 0. The van der Waals surface area contributed by atoms with Crippen LogP contribution in [0.4, 0.5) is 0 Å². The number of hydrogen-bond acceptors (Lipinski definition) is 7. The van der Waals surface area contributed by atoms with E-state index in [1.807, 2.05) is 17.9 Å². The molecule has 8 nitrogen and oxygen atoms in total. The van der Waals surface area contributed by atoms with Crippen molar-refractivity contribution in [3.63, 3.8) is 0 Å². The minimum absolute atomic E-state index is 0.327. The Morgan fingerprint density at radius 3 is 2.68 bits per heavy atom. The molecule has 0 spiro atoms. The van der Waals surface area contributed by atoms with Crippen LogP contribution in [0.2, 0.25) is 0 Å². The lowest BCUT2D eigenvalue weighted by Gasteiger charge is -2.31. The molecule has 0 atom stereocenters. The predicted octanol–water partition coefficient (Wildman–Crippen LogP) is 2.23. The van der Waals surface area contributed by atoms with Crippen LogP contribution in [0.15, 0.2) is 10.7 Å². The molecular formula is C20H31N5O3. The van der Waals surface area contributed by atoms with Crippen molar-refractivity contribution in [3.05, 3.63) is 29.2 Å². The number of ether oxygens (including phenoxy) is 2. The molecule has 2 aliphatic rings. The number of hydrogen-bond donors (Lipinski definition) is 0. The molecule has 2 aliphatic heterocycles. The maximum atomic E-state index is 6.08. The maximum Gasteiger partial charge on any atom is 0.229 e. The van der Waals surface area contributed by atoms with E-state index >= 15 is 0 Å². The van der Waals surface area contributed by atoms with E-state index in [-0.39, 0.29) is 0 Å². The molecule has 2 saturated heterocycles. The van der Waals surface area contributed by atoms with Crippen LogP contribution >= 0.6 is 0 Å². The van der Waals surface area contributed by atoms with E-state index in [4.69, 9.17) is 14.0 Å². The molecule has 0 N–H and O–H groups in total. The highest BCUT2D eigenvalue weighted by atomic mass is 16.5. The zero-order valence-electron chi connectivity index (χ0n) is 17.0. The van der Waals surface area contributed by atoms with E-state index in [0.717, 1.165) is 70.2 Å². The molecule has 0 saturated carbocycles. The number of nitrogens with zero attached hydrogens (tertiary/aromatic N) is 5. The Balaban J connectivity index is 1.16. The summed E-state index contributed by atoms with van der Waals surface area (Å²) in [4.78, 5) is 7.05. The number of aromatic nitrogens is 4. The first kappa shape index (κ1) is 19.5. The van der Waals surface area contributed by atoms with Gasteiger partial charge in [-0.1, -0.05) is 5.16 Å². The molecule has 4 rings (SSSR count). The van der Waals surface area contributed by atoms with Crippen molar-refractivity contribution in [2.24, 2.45) is 7.05 Å². The number of rotatable bonds is 7. The summed E-state index contributed by atoms with van der Waals surface area (Å²) in [6.45, 7) is 7.45.